The first-order valence-electron chi connectivity index (χ1n) is 6.64. The lowest BCUT2D eigenvalue weighted by Gasteiger charge is -2.34. The number of hydrogen-bond donors (Lipinski definition) is 3. The maximum absolute atomic E-state index is 12.0. The predicted molar refractivity (Wildman–Crippen MR) is 70.2 cm³/mol. The van der Waals surface area contributed by atoms with Gasteiger partial charge in [-0.15, -0.1) is 0 Å². The fraction of sp³-hybridized carbons (Fsp3) is 0.750. The molecule has 2 heterocycles. The molecule has 0 aromatic heterocycles. The topological polar surface area (TPSA) is 102 Å². The largest absolute Gasteiger partial charge is 0.480 e. The molecule has 2 rings (SSSR count). The maximum atomic E-state index is 12.0. The Morgan fingerprint density at radius 1 is 1.40 bits per heavy atom. The molecule has 2 aliphatic heterocycles. The van der Waals surface area contributed by atoms with Gasteiger partial charge in [0.1, 0.15) is 11.6 Å². The Kier molecular flexibility index (Phi) is 3.96. The third kappa shape index (κ3) is 2.75. The molecule has 1 atom stereocenters. The average molecular weight is 284 g/mol. The fourth-order valence-electron chi connectivity index (χ4n) is 2.51. The van der Waals surface area contributed by atoms with Crippen LogP contribution < -0.4 is 10.6 Å². The highest BCUT2D eigenvalue weighted by Crippen LogP contribution is 2.16. The number of imide groups is 1. The summed E-state index contributed by atoms with van der Waals surface area (Å²) >= 11 is 0. The monoisotopic (exact) mass is 284 g/mol. The van der Waals surface area contributed by atoms with Gasteiger partial charge < -0.3 is 15.7 Å². The average Bonchev–Trinajstić information content (AvgIpc) is 2.57. The Morgan fingerprint density at radius 3 is 2.65 bits per heavy atom. The molecule has 2 fully saturated rings. The van der Waals surface area contributed by atoms with E-state index in [1.807, 2.05) is 0 Å². The van der Waals surface area contributed by atoms with Crippen molar-refractivity contribution >= 4 is 17.9 Å². The summed E-state index contributed by atoms with van der Waals surface area (Å²) in [5, 5.41) is 14.8. The molecule has 0 saturated carbocycles. The van der Waals surface area contributed by atoms with Gasteiger partial charge in [0.05, 0.1) is 0 Å². The molecule has 8 heteroatoms. The zero-order valence-electron chi connectivity index (χ0n) is 11.7. The lowest BCUT2D eigenvalue weighted by molar-refractivity contribution is -0.144. The number of hydrogen-bond acceptors (Lipinski definition) is 5. The fourth-order valence-corrected chi connectivity index (χ4v) is 2.51. The van der Waals surface area contributed by atoms with Gasteiger partial charge in [-0.2, -0.15) is 0 Å². The van der Waals surface area contributed by atoms with Gasteiger partial charge in [-0.05, 0) is 13.8 Å². The van der Waals surface area contributed by atoms with Crippen LogP contribution >= 0.6 is 0 Å². The van der Waals surface area contributed by atoms with Crippen molar-refractivity contribution in [3.05, 3.63) is 0 Å². The third-order valence-corrected chi connectivity index (χ3v) is 3.69. The van der Waals surface area contributed by atoms with Crippen molar-refractivity contribution in [2.45, 2.75) is 25.4 Å². The van der Waals surface area contributed by atoms with Crippen molar-refractivity contribution in [3.8, 4) is 0 Å². The van der Waals surface area contributed by atoms with Gasteiger partial charge in [-0.25, -0.2) is 4.79 Å². The molecule has 8 nitrogen and oxygen atoms in total. The Bertz CT molecular complexity index is 437. The summed E-state index contributed by atoms with van der Waals surface area (Å²) in [6, 6.07) is -1.03. The molecule has 0 radical (unpaired) electrons. The number of nitrogens with zero attached hydrogens (tertiary/aromatic N) is 2. The van der Waals surface area contributed by atoms with Crippen molar-refractivity contribution in [2.75, 3.05) is 32.7 Å². The molecule has 2 aliphatic rings. The first-order valence-corrected chi connectivity index (χ1v) is 6.64. The van der Waals surface area contributed by atoms with Crippen LogP contribution in [0.15, 0.2) is 0 Å². The van der Waals surface area contributed by atoms with Crippen LogP contribution in [-0.4, -0.2) is 77.1 Å². The summed E-state index contributed by atoms with van der Waals surface area (Å²) in [6.45, 7) is 5.54. The summed E-state index contributed by atoms with van der Waals surface area (Å²) < 4.78 is 0. The van der Waals surface area contributed by atoms with Gasteiger partial charge in [0.15, 0.2) is 0 Å². The van der Waals surface area contributed by atoms with Crippen molar-refractivity contribution in [2.24, 2.45) is 0 Å². The van der Waals surface area contributed by atoms with Gasteiger partial charge >= 0.3 is 12.0 Å². The quantitative estimate of drug-likeness (QED) is 0.553. The van der Waals surface area contributed by atoms with Crippen LogP contribution in [0, 0.1) is 0 Å². The molecule has 0 bridgehead atoms. The second-order valence-electron chi connectivity index (χ2n) is 5.61. The lowest BCUT2D eigenvalue weighted by atomic mass is 10.1. The number of carboxylic acid groups (broad SMARTS) is 1. The maximum Gasteiger partial charge on any atom is 0.325 e. The summed E-state index contributed by atoms with van der Waals surface area (Å²) in [5.41, 5.74) is -0.882. The van der Waals surface area contributed by atoms with E-state index in [0.29, 0.717) is 26.2 Å². The first-order chi connectivity index (χ1) is 9.33. The number of carbonyl (C=O) groups excluding carboxylic acids is 2. The zero-order chi connectivity index (χ0) is 14.9. The summed E-state index contributed by atoms with van der Waals surface area (Å²) in [4.78, 5) is 37.8. The van der Waals surface area contributed by atoms with E-state index < -0.39 is 23.6 Å². The Balaban J connectivity index is 1.96. The van der Waals surface area contributed by atoms with Gasteiger partial charge in [0, 0.05) is 32.7 Å². The number of amides is 3. The minimum Gasteiger partial charge on any atom is -0.480 e. The predicted octanol–water partition coefficient (Wildman–Crippen LogP) is -1.32. The minimum atomic E-state index is -0.894. The Labute approximate surface area is 117 Å². The Morgan fingerprint density at radius 2 is 2.10 bits per heavy atom. The van der Waals surface area contributed by atoms with Crippen LogP contribution in [-0.2, 0) is 9.59 Å². The molecule has 0 aromatic carbocycles. The van der Waals surface area contributed by atoms with E-state index in [2.05, 4.69) is 10.6 Å². The molecule has 2 saturated heterocycles. The number of carbonyl (C=O) groups is 3. The lowest BCUT2D eigenvalue weighted by Crippen LogP contribution is -2.56. The van der Waals surface area contributed by atoms with Gasteiger partial charge in [0.25, 0.3) is 5.91 Å². The smallest absolute Gasteiger partial charge is 0.325 e. The van der Waals surface area contributed by atoms with Crippen LogP contribution in [0.5, 0.6) is 0 Å². The normalized spacial score (nSPS) is 26.7. The van der Waals surface area contributed by atoms with Crippen molar-refractivity contribution < 1.29 is 19.5 Å². The summed E-state index contributed by atoms with van der Waals surface area (Å²) in [5.74, 6) is -1.17. The molecule has 0 spiro atoms. The van der Waals surface area contributed by atoms with E-state index in [4.69, 9.17) is 5.11 Å². The molecule has 3 N–H and O–H groups in total. The second-order valence-corrected chi connectivity index (χ2v) is 5.61. The molecular formula is C12H20N4O4. The van der Waals surface area contributed by atoms with Crippen molar-refractivity contribution in [3.63, 3.8) is 0 Å². The number of carboxylic acids is 1. The molecule has 0 aliphatic carbocycles. The molecule has 3 amide bonds. The van der Waals surface area contributed by atoms with Gasteiger partial charge in [-0.1, -0.05) is 0 Å². The number of nitrogens with one attached hydrogen (secondary N) is 2. The first kappa shape index (κ1) is 14.7. The Hall–Kier alpha value is -1.67. The zero-order valence-corrected chi connectivity index (χ0v) is 11.7. The number of aliphatic carboxylic acids is 1. The third-order valence-electron chi connectivity index (χ3n) is 3.69. The van der Waals surface area contributed by atoms with E-state index in [1.54, 1.807) is 18.7 Å². The number of piperazine rings is 1. The van der Waals surface area contributed by atoms with Crippen LogP contribution in [0.2, 0.25) is 0 Å². The molecule has 0 aromatic rings. The number of rotatable bonds is 4. The van der Waals surface area contributed by atoms with Crippen LogP contribution in [0.1, 0.15) is 13.8 Å². The molecule has 1 unspecified atom stereocenters. The van der Waals surface area contributed by atoms with E-state index >= 15 is 0 Å². The van der Waals surface area contributed by atoms with E-state index in [1.165, 1.54) is 0 Å². The van der Waals surface area contributed by atoms with E-state index in [0.717, 1.165) is 4.90 Å². The van der Waals surface area contributed by atoms with Gasteiger partial charge in [0.2, 0.25) is 0 Å². The van der Waals surface area contributed by atoms with Crippen LogP contribution in [0.4, 0.5) is 4.79 Å². The van der Waals surface area contributed by atoms with Crippen LogP contribution in [0.3, 0.4) is 0 Å². The molecule has 112 valence electrons. The standard InChI is InChI=1S/C12H20N4O4/c1-12(2)10(19)16(11(20)14-12)6-5-15-4-3-13-7-8(15)9(17)18/h8,13H,3-7H2,1-2H3,(H,14,20)(H,17,18). The highest BCUT2D eigenvalue weighted by molar-refractivity contribution is 6.06. The van der Waals surface area contributed by atoms with Crippen molar-refractivity contribution in [1.29, 1.82) is 0 Å². The second kappa shape index (κ2) is 5.37. The highest BCUT2D eigenvalue weighted by Gasteiger charge is 2.44. The van der Waals surface area contributed by atoms with Gasteiger partial charge in [-0.3, -0.25) is 19.4 Å². The minimum absolute atomic E-state index is 0.206. The van der Waals surface area contributed by atoms with Crippen LogP contribution in [0.25, 0.3) is 0 Å². The highest BCUT2D eigenvalue weighted by atomic mass is 16.4. The molecular weight excluding hydrogens is 264 g/mol. The number of urea groups is 1. The summed E-state index contributed by atoms with van der Waals surface area (Å²) in [7, 11) is 0. The summed E-state index contributed by atoms with van der Waals surface area (Å²) in [6.07, 6.45) is 0. The van der Waals surface area contributed by atoms with E-state index in [9.17, 15) is 14.4 Å². The van der Waals surface area contributed by atoms with E-state index in [-0.39, 0.29) is 12.5 Å². The molecule has 20 heavy (non-hydrogen) atoms. The SMILES string of the molecule is CC1(C)NC(=O)N(CCN2CCNCC2C(=O)O)C1=O. The van der Waals surface area contributed by atoms with Crippen molar-refractivity contribution in [1.82, 2.24) is 20.4 Å².